The van der Waals surface area contributed by atoms with Crippen molar-refractivity contribution >= 4 is 10.9 Å². The van der Waals surface area contributed by atoms with Crippen LogP contribution in [0.4, 0.5) is 0 Å². The lowest BCUT2D eigenvalue weighted by atomic mass is 9.98. The highest BCUT2D eigenvalue weighted by Crippen LogP contribution is 2.25. The van der Waals surface area contributed by atoms with Gasteiger partial charge in [-0.1, -0.05) is 30.3 Å². The molecule has 1 N–H and O–H groups in total. The number of rotatable bonds is 5. The van der Waals surface area contributed by atoms with Crippen LogP contribution in [0.3, 0.4) is 0 Å². The van der Waals surface area contributed by atoms with Crippen LogP contribution in [-0.2, 0) is 13.5 Å². The molecule has 3 rings (SSSR count). The van der Waals surface area contributed by atoms with Gasteiger partial charge in [0.25, 0.3) is 0 Å². The first-order chi connectivity index (χ1) is 10.3. The van der Waals surface area contributed by atoms with Gasteiger partial charge in [-0.05, 0) is 24.2 Å². The second-order valence-corrected chi connectivity index (χ2v) is 5.12. The molecule has 0 aliphatic carbocycles. The van der Waals surface area contributed by atoms with Gasteiger partial charge in [-0.3, -0.25) is 9.67 Å². The van der Waals surface area contributed by atoms with Crippen molar-refractivity contribution in [2.45, 2.75) is 19.4 Å². The third-order valence-electron chi connectivity index (χ3n) is 3.57. The summed E-state index contributed by atoms with van der Waals surface area (Å²) in [5.41, 5.74) is 3.27. The van der Waals surface area contributed by atoms with Gasteiger partial charge in [0.2, 0.25) is 0 Å². The normalized spacial score (nSPS) is 12.7. The number of likely N-dealkylation sites (N-methyl/N-ethyl adjacent to an activating group) is 1. The molecule has 1 atom stereocenters. The molecule has 0 bridgehead atoms. The Balaban J connectivity index is 1.98. The minimum atomic E-state index is 0.208. The SMILES string of the molecule is CCNC(Cc1cn(C)nn1)c1ccnc2ccccc12. The summed E-state index contributed by atoms with van der Waals surface area (Å²) in [6.45, 7) is 3.02. The van der Waals surface area contributed by atoms with Crippen molar-refractivity contribution in [1.82, 2.24) is 25.3 Å². The molecule has 0 radical (unpaired) electrons. The Bertz CT molecular complexity index is 729. The van der Waals surface area contributed by atoms with E-state index >= 15 is 0 Å². The highest BCUT2D eigenvalue weighted by Gasteiger charge is 2.16. The molecule has 21 heavy (non-hydrogen) atoms. The first kappa shape index (κ1) is 13.7. The van der Waals surface area contributed by atoms with Crippen LogP contribution in [0, 0.1) is 0 Å². The van der Waals surface area contributed by atoms with Gasteiger partial charge in [0, 0.05) is 37.3 Å². The zero-order valence-electron chi connectivity index (χ0n) is 12.3. The summed E-state index contributed by atoms with van der Waals surface area (Å²) in [6.07, 6.45) is 4.65. The second kappa shape index (κ2) is 6.01. The summed E-state index contributed by atoms with van der Waals surface area (Å²) in [7, 11) is 1.89. The smallest absolute Gasteiger partial charge is 0.0845 e. The molecule has 5 nitrogen and oxygen atoms in total. The number of nitrogens with one attached hydrogen (secondary N) is 1. The molecule has 2 aromatic heterocycles. The molecule has 0 spiro atoms. The fourth-order valence-electron chi connectivity index (χ4n) is 2.66. The van der Waals surface area contributed by atoms with Gasteiger partial charge in [0.1, 0.15) is 0 Å². The standard InChI is InChI=1S/C16H19N5/c1-3-17-16(10-12-11-21(2)20-19-12)14-8-9-18-15-7-5-4-6-13(14)15/h4-9,11,16-17H,3,10H2,1-2H3. The first-order valence-electron chi connectivity index (χ1n) is 7.20. The largest absolute Gasteiger partial charge is 0.310 e. The van der Waals surface area contributed by atoms with Crippen LogP contribution in [0.5, 0.6) is 0 Å². The van der Waals surface area contributed by atoms with Crippen molar-refractivity contribution < 1.29 is 0 Å². The van der Waals surface area contributed by atoms with Crippen LogP contribution in [0.15, 0.2) is 42.7 Å². The summed E-state index contributed by atoms with van der Waals surface area (Å²) in [6, 6.07) is 10.5. The number of pyridine rings is 1. The Labute approximate surface area is 124 Å². The van der Waals surface area contributed by atoms with E-state index in [1.54, 1.807) is 4.68 Å². The predicted octanol–water partition coefficient (Wildman–Crippen LogP) is 2.26. The molecule has 3 aromatic rings. The second-order valence-electron chi connectivity index (χ2n) is 5.12. The number of benzene rings is 1. The fourth-order valence-corrected chi connectivity index (χ4v) is 2.66. The van der Waals surface area contributed by atoms with Crippen molar-refractivity contribution in [2.75, 3.05) is 6.54 Å². The van der Waals surface area contributed by atoms with Gasteiger partial charge in [-0.25, -0.2) is 0 Å². The van der Waals surface area contributed by atoms with Gasteiger partial charge < -0.3 is 5.32 Å². The van der Waals surface area contributed by atoms with E-state index in [9.17, 15) is 0 Å². The highest BCUT2D eigenvalue weighted by molar-refractivity contribution is 5.82. The zero-order valence-corrected chi connectivity index (χ0v) is 12.3. The maximum atomic E-state index is 4.44. The Morgan fingerprint density at radius 2 is 2.10 bits per heavy atom. The van der Waals surface area contributed by atoms with Gasteiger partial charge in [0.05, 0.1) is 11.2 Å². The average Bonchev–Trinajstić information content (AvgIpc) is 2.91. The summed E-state index contributed by atoms with van der Waals surface area (Å²) < 4.78 is 1.74. The molecule has 0 fully saturated rings. The van der Waals surface area contributed by atoms with E-state index in [1.165, 1.54) is 10.9 Å². The fraction of sp³-hybridized carbons (Fsp3) is 0.312. The Kier molecular flexibility index (Phi) is 3.92. The third-order valence-corrected chi connectivity index (χ3v) is 3.57. The number of para-hydroxylation sites is 1. The molecule has 0 aliphatic heterocycles. The average molecular weight is 281 g/mol. The van der Waals surface area contributed by atoms with Crippen LogP contribution in [0.2, 0.25) is 0 Å². The lowest BCUT2D eigenvalue weighted by Crippen LogP contribution is -2.23. The number of hydrogen-bond donors (Lipinski definition) is 1. The van der Waals surface area contributed by atoms with E-state index in [4.69, 9.17) is 0 Å². The van der Waals surface area contributed by atoms with Crippen molar-refractivity contribution in [1.29, 1.82) is 0 Å². The molecule has 108 valence electrons. The molecule has 1 unspecified atom stereocenters. The predicted molar refractivity (Wildman–Crippen MR) is 82.9 cm³/mol. The third kappa shape index (κ3) is 2.92. The summed E-state index contributed by atoms with van der Waals surface area (Å²) in [5, 5.41) is 12.9. The molecule has 0 saturated heterocycles. The summed E-state index contributed by atoms with van der Waals surface area (Å²) >= 11 is 0. The van der Waals surface area contributed by atoms with E-state index < -0.39 is 0 Å². The number of aromatic nitrogens is 4. The topological polar surface area (TPSA) is 55.6 Å². The van der Waals surface area contributed by atoms with Crippen LogP contribution >= 0.6 is 0 Å². The van der Waals surface area contributed by atoms with Crippen LogP contribution in [0.25, 0.3) is 10.9 Å². The first-order valence-corrected chi connectivity index (χ1v) is 7.20. The van der Waals surface area contributed by atoms with E-state index in [0.717, 1.165) is 24.2 Å². The quantitative estimate of drug-likeness (QED) is 0.779. The highest BCUT2D eigenvalue weighted by atomic mass is 15.4. The molecular formula is C16H19N5. The molecule has 1 aromatic carbocycles. The van der Waals surface area contributed by atoms with E-state index in [1.807, 2.05) is 31.6 Å². The van der Waals surface area contributed by atoms with E-state index in [2.05, 4.69) is 45.7 Å². The molecular weight excluding hydrogens is 262 g/mol. The minimum Gasteiger partial charge on any atom is -0.310 e. The maximum absolute atomic E-state index is 4.44. The minimum absolute atomic E-state index is 0.208. The van der Waals surface area contributed by atoms with Crippen molar-refractivity contribution in [3.05, 3.63) is 54.0 Å². The van der Waals surface area contributed by atoms with Gasteiger partial charge in [-0.15, -0.1) is 5.10 Å². The molecule has 5 heteroatoms. The summed E-state index contributed by atoms with van der Waals surface area (Å²) in [4.78, 5) is 4.44. The summed E-state index contributed by atoms with van der Waals surface area (Å²) in [5.74, 6) is 0. The number of hydrogen-bond acceptors (Lipinski definition) is 4. The molecule has 0 aliphatic rings. The monoisotopic (exact) mass is 281 g/mol. The maximum Gasteiger partial charge on any atom is 0.0845 e. The number of fused-ring (bicyclic) bond motifs is 1. The lowest BCUT2D eigenvalue weighted by molar-refractivity contribution is 0.546. The van der Waals surface area contributed by atoms with E-state index in [0.29, 0.717) is 0 Å². The van der Waals surface area contributed by atoms with Gasteiger partial charge >= 0.3 is 0 Å². The Morgan fingerprint density at radius 3 is 2.86 bits per heavy atom. The van der Waals surface area contributed by atoms with Crippen LogP contribution in [-0.4, -0.2) is 26.5 Å². The Morgan fingerprint density at radius 1 is 1.24 bits per heavy atom. The van der Waals surface area contributed by atoms with Crippen molar-refractivity contribution in [2.24, 2.45) is 7.05 Å². The van der Waals surface area contributed by atoms with Gasteiger partial charge in [-0.2, -0.15) is 0 Å². The lowest BCUT2D eigenvalue weighted by Gasteiger charge is -2.19. The molecule has 0 amide bonds. The van der Waals surface area contributed by atoms with Gasteiger partial charge in [0.15, 0.2) is 0 Å². The van der Waals surface area contributed by atoms with E-state index in [-0.39, 0.29) is 6.04 Å². The Hall–Kier alpha value is -2.27. The molecule has 2 heterocycles. The van der Waals surface area contributed by atoms with Crippen LogP contribution in [0.1, 0.15) is 24.2 Å². The van der Waals surface area contributed by atoms with Crippen molar-refractivity contribution in [3.63, 3.8) is 0 Å². The zero-order chi connectivity index (χ0) is 14.7. The van der Waals surface area contributed by atoms with Crippen molar-refractivity contribution in [3.8, 4) is 0 Å². The number of nitrogens with zero attached hydrogens (tertiary/aromatic N) is 4. The van der Waals surface area contributed by atoms with Crippen LogP contribution < -0.4 is 5.32 Å². The number of aryl methyl sites for hydroxylation is 1. The molecule has 0 saturated carbocycles.